The molecule has 0 saturated heterocycles. The van der Waals surface area contributed by atoms with Crippen LogP contribution in [0, 0.1) is 6.92 Å². The second-order valence-electron chi connectivity index (χ2n) is 5.38. The molecule has 0 unspecified atom stereocenters. The summed E-state index contributed by atoms with van der Waals surface area (Å²) in [5.41, 5.74) is 1.84. The van der Waals surface area contributed by atoms with Gasteiger partial charge in [-0.15, -0.1) is 0 Å². The van der Waals surface area contributed by atoms with Gasteiger partial charge in [0, 0.05) is 13.1 Å². The van der Waals surface area contributed by atoms with Crippen LogP contribution in [0.3, 0.4) is 0 Å². The molecular formula is C15H27N3O2S. The van der Waals surface area contributed by atoms with Crippen LogP contribution in [0.5, 0.6) is 0 Å². The first-order valence-corrected chi connectivity index (χ1v) is 8.80. The monoisotopic (exact) mass is 313 g/mol. The highest BCUT2D eigenvalue weighted by Crippen LogP contribution is 2.18. The van der Waals surface area contributed by atoms with Crippen molar-refractivity contribution in [2.75, 3.05) is 33.7 Å². The molecule has 0 fully saturated rings. The van der Waals surface area contributed by atoms with Crippen molar-refractivity contribution < 1.29 is 8.42 Å². The minimum absolute atomic E-state index is 0.378. The lowest BCUT2D eigenvalue weighted by Crippen LogP contribution is -2.28. The van der Waals surface area contributed by atoms with E-state index in [2.05, 4.69) is 10.0 Å². The standard InChI is InChI=1S/C15H27N3O2S/c1-5-16-12-14-8-6-9-15(13(14)2)21(19,20)17-10-7-11-18(3)4/h6,8-9,16-17H,5,7,10-12H2,1-4H3. The molecule has 1 rings (SSSR count). The molecule has 1 aromatic rings. The molecule has 0 radical (unpaired) electrons. The molecule has 0 aromatic heterocycles. The second-order valence-corrected chi connectivity index (χ2v) is 7.11. The van der Waals surface area contributed by atoms with Crippen LogP contribution in [0.4, 0.5) is 0 Å². The SMILES string of the molecule is CCNCc1cccc(S(=O)(=O)NCCCN(C)C)c1C. The number of nitrogens with one attached hydrogen (secondary N) is 2. The Kier molecular flexibility index (Phi) is 7.31. The van der Waals surface area contributed by atoms with Gasteiger partial charge in [-0.1, -0.05) is 19.1 Å². The van der Waals surface area contributed by atoms with Crippen LogP contribution < -0.4 is 10.0 Å². The summed E-state index contributed by atoms with van der Waals surface area (Å²) in [7, 11) is 0.517. The molecule has 0 aliphatic carbocycles. The van der Waals surface area contributed by atoms with Crippen LogP contribution in [0.1, 0.15) is 24.5 Å². The van der Waals surface area contributed by atoms with E-state index in [9.17, 15) is 8.42 Å². The van der Waals surface area contributed by atoms with E-state index in [1.165, 1.54) is 0 Å². The lowest BCUT2D eigenvalue weighted by Gasteiger charge is -2.14. The van der Waals surface area contributed by atoms with Gasteiger partial charge in [0.1, 0.15) is 0 Å². The first-order valence-electron chi connectivity index (χ1n) is 7.32. The summed E-state index contributed by atoms with van der Waals surface area (Å²) in [5.74, 6) is 0. The summed E-state index contributed by atoms with van der Waals surface area (Å²) in [6, 6.07) is 5.43. The zero-order valence-electron chi connectivity index (χ0n) is 13.4. The largest absolute Gasteiger partial charge is 0.313 e. The van der Waals surface area contributed by atoms with Crippen LogP contribution in [0.15, 0.2) is 23.1 Å². The molecule has 0 spiro atoms. The van der Waals surface area contributed by atoms with Gasteiger partial charge in [0.2, 0.25) is 10.0 Å². The van der Waals surface area contributed by atoms with Crippen LogP contribution in [0.25, 0.3) is 0 Å². The maximum absolute atomic E-state index is 12.4. The number of nitrogens with zero attached hydrogens (tertiary/aromatic N) is 1. The van der Waals surface area contributed by atoms with Crippen molar-refractivity contribution in [3.05, 3.63) is 29.3 Å². The van der Waals surface area contributed by atoms with Crippen LogP contribution in [-0.4, -0.2) is 47.0 Å². The topological polar surface area (TPSA) is 61.4 Å². The van der Waals surface area contributed by atoms with E-state index in [1.807, 2.05) is 38.9 Å². The molecule has 2 N–H and O–H groups in total. The molecule has 0 aliphatic heterocycles. The van der Waals surface area contributed by atoms with Crippen LogP contribution in [-0.2, 0) is 16.6 Å². The van der Waals surface area contributed by atoms with Gasteiger partial charge in [-0.25, -0.2) is 13.1 Å². The first-order chi connectivity index (χ1) is 9.88. The normalized spacial score (nSPS) is 12.0. The van der Waals surface area contributed by atoms with Crippen molar-refractivity contribution in [3.63, 3.8) is 0 Å². The van der Waals surface area contributed by atoms with Gasteiger partial charge in [-0.05, 0) is 57.7 Å². The van der Waals surface area contributed by atoms with E-state index in [0.717, 1.165) is 30.6 Å². The lowest BCUT2D eigenvalue weighted by atomic mass is 10.1. The van der Waals surface area contributed by atoms with Gasteiger partial charge in [-0.2, -0.15) is 0 Å². The molecule has 6 heteroatoms. The second kappa shape index (κ2) is 8.48. The van der Waals surface area contributed by atoms with Gasteiger partial charge in [-0.3, -0.25) is 0 Å². The summed E-state index contributed by atoms with van der Waals surface area (Å²) in [5, 5.41) is 3.23. The lowest BCUT2D eigenvalue weighted by molar-refractivity contribution is 0.400. The van der Waals surface area contributed by atoms with Gasteiger partial charge in [0.25, 0.3) is 0 Å². The van der Waals surface area contributed by atoms with E-state index in [1.54, 1.807) is 12.1 Å². The highest BCUT2D eigenvalue weighted by atomic mass is 32.2. The molecule has 0 bridgehead atoms. The van der Waals surface area contributed by atoms with E-state index in [0.29, 0.717) is 18.0 Å². The Bertz CT molecular complexity index is 542. The van der Waals surface area contributed by atoms with E-state index >= 15 is 0 Å². The maximum atomic E-state index is 12.4. The van der Waals surface area contributed by atoms with Crippen molar-refractivity contribution in [1.29, 1.82) is 0 Å². The highest BCUT2D eigenvalue weighted by molar-refractivity contribution is 7.89. The van der Waals surface area contributed by atoms with Crippen LogP contribution in [0.2, 0.25) is 0 Å². The summed E-state index contributed by atoms with van der Waals surface area (Å²) >= 11 is 0. The fourth-order valence-electron chi connectivity index (χ4n) is 2.08. The average Bonchev–Trinajstić information content (AvgIpc) is 2.42. The first kappa shape index (κ1) is 18.1. The molecule has 0 aliphatic rings. The molecule has 1 aromatic carbocycles. The van der Waals surface area contributed by atoms with Gasteiger partial charge in [0.05, 0.1) is 4.90 Å². The van der Waals surface area contributed by atoms with Crippen molar-refractivity contribution in [1.82, 2.24) is 14.9 Å². The third-order valence-electron chi connectivity index (χ3n) is 3.33. The zero-order chi connectivity index (χ0) is 15.9. The van der Waals surface area contributed by atoms with Crippen molar-refractivity contribution in [2.45, 2.75) is 31.7 Å². The number of benzene rings is 1. The maximum Gasteiger partial charge on any atom is 0.240 e. The van der Waals surface area contributed by atoms with Crippen molar-refractivity contribution in [2.24, 2.45) is 0 Å². The highest BCUT2D eigenvalue weighted by Gasteiger charge is 2.17. The van der Waals surface area contributed by atoms with E-state index in [4.69, 9.17) is 0 Å². The van der Waals surface area contributed by atoms with E-state index < -0.39 is 10.0 Å². The minimum Gasteiger partial charge on any atom is -0.313 e. The Labute approximate surface area is 128 Å². The smallest absolute Gasteiger partial charge is 0.240 e. The number of rotatable bonds is 9. The number of sulfonamides is 1. The fraction of sp³-hybridized carbons (Fsp3) is 0.600. The van der Waals surface area contributed by atoms with Crippen LogP contribution >= 0.6 is 0 Å². The van der Waals surface area contributed by atoms with Gasteiger partial charge < -0.3 is 10.2 Å². The summed E-state index contributed by atoms with van der Waals surface area (Å²) in [4.78, 5) is 2.42. The van der Waals surface area contributed by atoms with E-state index in [-0.39, 0.29) is 0 Å². The Balaban J connectivity index is 2.78. The molecular weight excluding hydrogens is 286 g/mol. The molecule has 0 saturated carbocycles. The third-order valence-corrected chi connectivity index (χ3v) is 4.93. The average molecular weight is 313 g/mol. The predicted octanol–water partition coefficient (Wildman–Crippen LogP) is 1.33. The molecule has 0 amide bonds. The van der Waals surface area contributed by atoms with Crippen molar-refractivity contribution in [3.8, 4) is 0 Å². The van der Waals surface area contributed by atoms with Gasteiger partial charge >= 0.3 is 0 Å². The Morgan fingerprint density at radius 1 is 1.24 bits per heavy atom. The predicted molar refractivity (Wildman–Crippen MR) is 86.9 cm³/mol. The summed E-state index contributed by atoms with van der Waals surface area (Å²) < 4.78 is 27.4. The van der Waals surface area contributed by atoms with Crippen molar-refractivity contribution >= 4 is 10.0 Å². The Morgan fingerprint density at radius 3 is 2.57 bits per heavy atom. The fourth-order valence-corrected chi connectivity index (χ4v) is 3.44. The molecule has 5 nitrogen and oxygen atoms in total. The van der Waals surface area contributed by atoms with Gasteiger partial charge in [0.15, 0.2) is 0 Å². The number of hydrogen-bond donors (Lipinski definition) is 2. The Hall–Kier alpha value is -0.950. The molecule has 0 atom stereocenters. The zero-order valence-corrected chi connectivity index (χ0v) is 14.3. The minimum atomic E-state index is -3.43. The summed E-state index contributed by atoms with van der Waals surface area (Å²) in [6.07, 6.45) is 0.794. The molecule has 0 heterocycles. The Morgan fingerprint density at radius 2 is 1.95 bits per heavy atom. The molecule has 21 heavy (non-hydrogen) atoms. The molecule has 120 valence electrons. The summed E-state index contributed by atoms with van der Waals surface area (Å²) in [6.45, 7) is 6.76. The quantitative estimate of drug-likeness (QED) is 0.675. The number of hydrogen-bond acceptors (Lipinski definition) is 4. The third kappa shape index (κ3) is 5.74.